The minimum Gasteiger partial charge on any atom is -0.409 e. The highest BCUT2D eigenvalue weighted by Gasteiger charge is 2.02. The zero-order chi connectivity index (χ0) is 11.3. The molecule has 0 bridgehead atoms. The Kier molecular flexibility index (Phi) is 4.83. The number of likely N-dealkylation sites (N-methyl/N-ethyl adjacent to an activating group) is 1. The van der Waals surface area contributed by atoms with Crippen LogP contribution in [-0.2, 0) is 6.54 Å². The van der Waals surface area contributed by atoms with Crippen LogP contribution in [0.3, 0.4) is 0 Å². The average molecular weight is 319 g/mol. The van der Waals surface area contributed by atoms with Gasteiger partial charge in [-0.1, -0.05) is 17.3 Å². The molecule has 5 heteroatoms. The molecule has 0 aliphatic heterocycles. The number of nitrogens with zero attached hydrogens (tertiary/aromatic N) is 2. The van der Waals surface area contributed by atoms with Gasteiger partial charge in [0.15, 0.2) is 5.84 Å². The van der Waals surface area contributed by atoms with Crippen molar-refractivity contribution >= 4 is 28.4 Å². The SMILES string of the molecule is CN(CC(N)=NO)Cc1ccc(I)cc1. The molecule has 1 aromatic rings. The van der Waals surface area contributed by atoms with Crippen molar-refractivity contribution in [2.75, 3.05) is 13.6 Å². The Labute approximate surface area is 103 Å². The molecule has 0 amide bonds. The quantitative estimate of drug-likeness (QED) is 0.290. The Balaban J connectivity index is 2.51. The number of halogens is 1. The van der Waals surface area contributed by atoms with Crippen LogP contribution in [0.4, 0.5) is 0 Å². The molecule has 0 unspecified atom stereocenters. The molecule has 0 spiro atoms. The fourth-order valence-electron chi connectivity index (χ4n) is 1.27. The Bertz CT molecular complexity index is 337. The molecule has 82 valence electrons. The summed E-state index contributed by atoms with van der Waals surface area (Å²) in [7, 11) is 1.93. The summed E-state index contributed by atoms with van der Waals surface area (Å²) in [6.45, 7) is 1.25. The van der Waals surface area contributed by atoms with Crippen molar-refractivity contribution in [2.24, 2.45) is 10.9 Å². The lowest BCUT2D eigenvalue weighted by Gasteiger charge is -2.15. The highest BCUT2D eigenvalue weighted by Crippen LogP contribution is 2.08. The molecule has 0 aliphatic carbocycles. The first kappa shape index (κ1) is 12.3. The lowest BCUT2D eigenvalue weighted by molar-refractivity contribution is 0.308. The van der Waals surface area contributed by atoms with Gasteiger partial charge >= 0.3 is 0 Å². The Hall–Kier alpha value is -0.820. The molecule has 1 rings (SSSR count). The Morgan fingerprint density at radius 2 is 2.07 bits per heavy atom. The van der Waals surface area contributed by atoms with E-state index < -0.39 is 0 Å². The van der Waals surface area contributed by atoms with Gasteiger partial charge in [0.25, 0.3) is 0 Å². The van der Waals surface area contributed by atoms with Crippen molar-refractivity contribution in [3.8, 4) is 0 Å². The summed E-state index contributed by atoms with van der Waals surface area (Å²) >= 11 is 2.27. The van der Waals surface area contributed by atoms with Gasteiger partial charge in [-0.15, -0.1) is 0 Å². The molecule has 0 radical (unpaired) electrons. The van der Waals surface area contributed by atoms with Gasteiger partial charge in [0, 0.05) is 10.1 Å². The zero-order valence-electron chi connectivity index (χ0n) is 8.52. The normalized spacial score (nSPS) is 12.1. The van der Waals surface area contributed by atoms with E-state index in [1.165, 1.54) is 9.13 Å². The molecule has 4 nitrogen and oxygen atoms in total. The molecule has 3 N–H and O–H groups in total. The van der Waals surface area contributed by atoms with E-state index in [0.717, 1.165) is 6.54 Å². The van der Waals surface area contributed by atoms with Crippen LogP contribution in [0.15, 0.2) is 29.4 Å². The zero-order valence-corrected chi connectivity index (χ0v) is 10.7. The molecular formula is C10H14IN3O. The molecule has 0 saturated heterocycles. The number of amidine groups is 1. The van der Waals surface area contributed by atoms with Crippen LogP contribution < -0.4 is 5.73 Å². The first-order valence-corrected chi connectivity index (χ1v) is 5.59. The fourth-order valence-corrected chi connectivity index (χ4v) is 1.63. The lowest BCUT2D eigenvalue weighted by Crippen LogP contribution is -2.30. The maximum atomic E-state index is 8.42. The van der Waals surface area contributed by atoms with Gasteiger partial charge in [-0.2, -0.15) is 0 Å². The summed E-state index contributed by atoms with van der Waals surface area (Å²) in [5, 5.41) is 11.4. The topological polar surface area (TPSA) is 61.8 Å². The van der Waals surface area contributed by atoms with Crippen LogP contribution in [0.5, 0.6) is 0 Å². The van der Waals surface area contributed by atoms with Crippen LogP contribution >= 0.6 is 22.6 Å². The Morgan fingerprint density at radius 1 is 1.47 bits per heavy atom. The minimum atomic E-state index is 0.225. The molecule has 0 saturated carbocycles. The average Bonchev–Trinajstić information content (AvgIpc) is 2.21. The summed E-state index contributed by atoms with van der Waals surface area (Å²) < 4.78 is 1.22. The van der Waals surface area contributed by atoms with Gasteiger partial charge in [-0.25, -0.2) is 0 Å². The molecule has 0 aliphatic rings. The molecular weight excluding hydrogens is 305 g/mol. The van der Waals surface area contributed by atoms with E-state index in [1.807, 2.05) is 11.9 Å². The van der Waals surface area contributed by atoms with Crippen LogP contribution in [0.25, 0.3) is 0 Å². The van der Waals surface area contributed by atoms with Gasteiger partial charge in [0.2, 0.25) is 0 Å². The predicted molar refractivity (Wildman–Crippen MR) is 68.9 cm³/mol. The standard InChI is InChI=1S/C10H14IN3O/c1-14(7-10(12)13-15)6-8-2-4-9(11)5-3-8/h2-5,15H,6-7H2,1H3,(H2,12,13). The van der Waals surface area contributed by atoms with E-state index in [0.29, 0.717) is 6.54 Å². The number of benzene rings is 1. The van der Waals surface area contributed by atoms with Crippen LogP contribution in [0, 0.1) is 3.57 Å². The van der Waals surface area contributed by atoms with E-state index in [1.54, 1.807) is 0 Å². The van der Waals surface area contributed by atoms with E-state index in [4.69, 9.17) is 10.9 Å². The summed E-state index contributed by atoms with van der Waals surface area (Å²) in [5.41, 5.74) is 6.62. The van der Waals surface area contributed by atoms with Gasteiger partial charge < -0.3 is 10.9 Å². The van der Waals surface area contributed by atoms with Crippen LogP contribution in [-0.4, -0.2) is 29.5 Å². The first-order valence-electron chi connectivity index (χ1n) is 4.51. The van der Waals surface area contributed by atoms with Crippen molar-refractivity contribution in [2.45, 2.75) is 6.54 Å². The molecule has 1 aromatic carbocycles. The third-order valence-electron chi connectivity index (χ3n) is 1.93. The Morgan fingerprint density at radius 3 is 2.60 bits per heavy atom. The second-order valence-electron chi connectivity index (χ2n) is 3.39. The number of hydrogen-bond donors (Lipinski definition) is 2. The van der Waals surface area contributed by atoms with Crippen molar-refractivity contribution in [1.82, 2.24) is 4.90 Å². The third kappa shape index (κ3) is 4.48. The van der Waals surface area contributed by atoms with Gasteiger partial charge in [0.05, 0.1) is 6.54 Å². The second kappa shape index (κ2) is 5.92. The number of hydrogen-bond acceptors (Lipinski definition) is 3. The van der Waals surface area contributed by atoms with Crippen molar-refractivity contribution < 1.29 is 5.21 Å². The van der Waals surface area contributed by atoms with Gasteiger partial charge in [-0.3, -0.25) is 4.90 Å². The highest BCUT2D eigenvalue weighted by molar-refractivity contribution is 14.1. The molecule has 15 heavy (non-hydrogen) atoms. The van der Waals surface area contributed by atoms with Gasteiger partial charge in [0.1, 0.15) is 0 Å². The largest absolute Gasteiger partial charge is 0.409 e. The van der Waals surface area contributed by atoms with E-state index in [-0.39, 0.29) is 5.84 Å². The summed E-state index contributed by atoms with van der Waals surface area (Å²) in [5.74, 6) is 0.225. The monoisotopic (exact) mass is 319 g/mol. The maximum Gasteiger partial charge on any atom is 0.153 e. The third-order valence-corrected chi connectivity index (χ3v) is 2.65. The number of oxime groups is 1. The predicted octanol–water partition coefficient (Wildman–Crippen LogP) is 1.47. The highest BCUT2D eigenvalue weighted by atomic mass is 127. The lowest BCUT2D eigenvalue weighted by atomic mass is 10.2. The smallest absolute Gasteiger partial charge is 0.153 e. The number of nitrogens with two attached hydrogens (primary N) is 1. The molecule has 0 heterocycles. The van der Waals surface area contributed by atoms with Crippen LogP contribution in [0.2, 0.25) is 0 Å². The molecule has 0 atom stereocenters. The second-order valence-corrected chi connectivity index (χ2v) is 4.64. The van der Waals surface area contributed by atoms with E-state index in [9.17, 15) is 0 Å². The maximum absolute atomic E-state index is 8.42. The van der Waals surface area contributed by atoms with Crippen molar-refractivity contribution in [1.29, 1.82) is 0 Å². The number of rotatable bonds is 4. The summed E-state index contributed by atoms with van der Waals surface area (Å²) in [4.78, 5) is 1.98. The summed E-state index contributed by atoms with van der Waals surface area (Å²) in [6.07, 6.45) is 0. The fraction of sp³-hybridized carbons (Fsp3) is 0.300. The van der Waals surface area contributed by atoms with Crippen molar-refractivity contribution in [3.63, 3.8) is 0 Å². The molecule has 0 fully saturated rings. The van der Waals surface area contributed by atoms with Crippen LogP contribution in [0.1, 0.15) is 5.56 Å². The molecule has 0 aromatic heterocycles. The summed E-state index contributed by atoms with van der Waals surface area (Å²) in [6, 6.07) is 8.27. The first-order chi connectivity index (χ1) is 7.11. The van der Waals surface area contributed by atoms with E-state index in [2.05, 4.69) is 52.0 Å². The van der Waals surface area contributed by atoms with Gasteiger partial charge in [-0.05, 0) is 47.3 Å². The van der Waals surface area contributed by atoms with E-state index >= 15 is 0 Å². The minimum absolute atomic E-state index is 0.225. The van der Waals surface area contributed by atoms with Crippen molar-refractivity contribution in [3.05, 3.63) is 33.4 Å².